The van der Waals surface area contributed by atoms with Crippen LogP contribution in [0.5, 0.6) is 17.2 Å². The Labute approximate surface area is 742 Å². The van der Waals surface area contributed by atoms with Gasteiger partial charge in [0.1, 0.15) is 54.9 Å². The fourth-order valence-electron chi connectivity index (χ4n) is 13.8. The highest BCUT2D eigenvalue weighted by molar-refractivity contribution is 6.13. The molecule has 9 aromatic heterocycles. The Hall–Kier alpha value is -16.3. The van der Waals surface area contributed by atoms with Crippen LogP contribution < -0.4 is 74.7 Å². The van der Waals surface area contributed by atoms with Crippen molar-refractivity contribution in [1.82, 2.24) is 64.2 Å². The highest BCUT2D eigenvalue weighted by atomic mass is 19.4. The molecule has 0 saturated heterocycles. The third-order valence-electron chi connectivity index (χ3n) is 20.3. The van der Waals surface area contributed by atoms with Crippen LogP contribution in [0.3, 0.4) is 0 Å². The topological polar surface area (TPSA) is 329 Å². The maximum atomic E-state index is 13.7. The summed E-state index contributed by atoms with van der Waals surface area (Å²) in [5.74, 6) is 2.16. The fraction of sp³-hybridized carbons (Fsp3) is 0.205. The molecule has 4 aliphatic rings. The molecule has 0 radical (unpaired) electrons. The van der Waals surface area contributed by atoms with Gasteiger partial charge in [-0.1, -0.05) is 29.8 Å². The van der Waals surface area contributed by atoms with E-state index in [9.17, 15) is 71.9 Å². The van der Waals surface area contributed by atoms with Gasteiger partial charge in [-0.3, -0.25) is 29.6 Å². The van der Waals surface area contributed by atoms with Crippen LogP contribution in [0.25, 0.3) is 16.6 Å². The summed E-state index contributed by atoms with van der Waals surface area (Å²) in [4.78, 5) is 116. The van der Waals surface area contributed by atoms with E-state index < -0.39 is 69.0 Å². The number of aryl methyl sites for hydroxylation is 3. The number of alkyl halides is 12. The van der Waals surface area contributed by atoms with Crippen LogP contribution in [0.2, 0.25) is 0 Å². The first-order chi connectivity index (χ1) is 63.1. The zero-order valence-corrected chi connectivity index (χ0v) is 70.3. The Kier molecular flexibility index (Phi) is 26.0. The van der Waals surface area contributed by atoms with Crippen molar-refractivity contribution in [3.05, 3.63) is 265 Å². The second-order valence-electron chi connectivity index (χ2n) is 29.6. The van der Waals surface area contributed by atoms with Crippen molar-refractivity contribution in [3.63, 3.8) is 0 Å². The van der Waals surface area contributed by atoms with E-state index >= 15 is 0 Å². The maximum Gasteiger partial charge on any atom is 0.405 e. The van der Waals surface area contributed by atoms with E-state index in [1.54, 1.807) is 174 Å². The molecule has 132 heavy (non-hydrogen) atoms. The minimum absolute atomic E-state index is 0.121. The lowest BCUT2D eigenvalue weighted by Crippen LogP contribution is -2.46. The largest absolute Gasteiger partial charge is 0.497 e. The minimum atomic E-state index is -4.44. The van der Waals surface area contributed by atoms with Crippen LogP contribution in [0.4, 0.5) is 165 Å². The van der Waals surface area contributed by atoms with Crippen molar-refractivity contribution in [1.29, 1.82) is 0 Å². The Morgan fingerprint density at radius 1 is 0.341 bits per heavy atom. The number of pyridine rings is 4. The van der Waals surface area contributed by atoms with Gasteiger partial charge < -0.3 is 39.9 Å². The van der Waals surface area contributed by atoms with E-state index in [0.717, 1.165) is 33.4 Å². The van der Waals surface area contributed by atoms with Gasteiger partial charge in [-0.2, -0.15) is 72.6 Å². The molecule has 0 aliphatic carbocycles. The van der Waals surface area contributed by atoms with Gasteiger partial charge in [0.05, 0.1) is 93.3 Å². The zero-order valence-electron chi connectivity index (χ0n) is 70.3. The van der Waals surface area contributed by atoms with Crippen molar-refractivity contribution in [2.75, 3.05) is 108 Å². The fourth-order valence-corrected chi connectivity index (χ4v) is 13.8. The Morgan fingerprint density at radius 3 is 1.11 bits per heavy atom. The summed E-state index contributed by atoms with van der Waals surface area (Å²) in [5, 5.41) is 9.49. The number of nitrogens with zero attached hydrogens (tertiary/aromatic N) is 21. The highest BCUT2D eigenvalue weighted by Crippen LogP contribution is 2.43. The molecule has 0 spiro atoms. The molecule has 678 valence electrons. The highest BCUT2D eigenvalue weighted by Gasteiger charge is 2.41. The Morgan fingerprint density at radius 2 is 0.712 bits per heavy atom. The SMILES string of the molecule is COc1ccc(N2C(=O)N(c3ccc(C)cn3)Cc3cnc(NCC(F)(F)F)nc32)cc1.COc1ccc(N2C(=O)N(c3ccc(C)nc3)Cc3cnc(NCC(F)(F)F)nc32)cc1.COc1ccc(N2C(=O)N(c3ccc4nccn4c3)Cc3cnc(NCC(F)(F)F)nc32)cc1.Cc1ccc(N2Cc3cnc(NCC(F)(F)F)nc3N(c3ccc4ncccc4c3)C2=O)cc1. The number of hydrogen-bond donors (Lipinski definition) is 4. The molecule has 0 saturated carbocycles. The first kappa shape index (κ1) is 90.4. The summed E-state index contributed by atoms with van der Waals surface area (Å²) >= 11 is 0. The molecular formula is C88H75F12N25O7. The maximum absolute atomic E-state index is 13.7. The lowest BCUT2D eigenvalue weighted by Gasteiger charge is -2.36. The number of halogens is 12. The first-order valence-electron chi connectivity index (χ1n) is 39.8. The molecule has 32 nitrogen and oxygen atoms in total. The van der Waals surface area contributed by atoms with E-state index in [1.165, 1.54) is 80.4 Å². The van der Waals surface area contributed by atoms with Crippen molar-refractivity contribution in [2.45, 2.75) is 71.7 Å². The van der Waals surface area contributed by atoms with Crippen LogP contribution in [0.1, 0.15) is 39.1 Å². The molecule has 44 heteroatoms. The van der Waals surface area contributed by atoms with Crippen LogP contribution in [-0.2, 0) is 26.2 Å². The number of imidazole rings is 1. The number of methoxy groups -OCH3 is 3. The summed E-state index contributed by atoms with van der Waals surface area (Å²) in [5.41, 5.74) is 10.4. The summed E-state index contributed by atoms with van der Waals surface area (Å²) < 4.78 is 169. The number of nitrogens with one attached hydrogen (secondary N) is 4. The van der Waals surface area contributed by atoms with Crippen LogP contribution in [-0.4, -0.2) is 161 Å². The normalized spacial score (nSPS) is 13.8. The first-order valence-corrected chi connectivity index (χ1v) is 39.8. The van der Waals surface area contributed by atoms with Crippen molar-refractivity contribution in [2.24, 2.45) is 0 Å². The molecule has 0 bridgehead atoms. The number of ether oxygens (including phenoxy) is 3. The molecule has 4 N–H and O–H groups in total. The van der Waals surface area contributed by atoms with Gasteiger partial charge in [-0.25, -0.2) is 68.7 Å². The molecular weight excluding hydrogens is 1750 g/mol. The molecule has 18 rings (SSSR count). The lowest BCUT2D eigenvalue weighted by molar-refractivity contribution is -0.116. The summed E-state index contributed by atoms with van der Waals surface area (Å²) in [6.07, 6.45) is -1.92. The third-order valence-corrected chi connectivity index (χ3v) is 20.3. The third kappa shape index (κ3) is 21.2. The van der Waals surface area contributed by atoms with Gasteiger partial charge >= 0.3 is 48.8 Å². The van der Waals surface area contributed by atoms with Crippen molar-refractivity contribution < 1.29 is 86.1 Å². The number of fused-ring (bicyclic) bond motifs is 6. The second-order valence-corrected chi connectivity index (χ2v) is 29.6. The van der Waals surface area contributed by atoms with E-state index in [2.05, 4.69) is 81.1 Å². The average molecular weight is 1820 g/mol. The second kappa shape index (κ2) is 37.9. The van der Waals surface area contributed by atoms with Gasteiger partial charge in [0.2, 0.25) is 23.8 Å². The number of carbonyl (C=O) groups excluding carboxylic acids is 4. The van der Waals surface area contributed by atoms with Crippen LogP contribution >= 0.6 is 0 Å². The van der Waals surface area contributed by atoms with E-state index in [0.29, 0.717) is 85.1 Å². The molecule has 0 unspecified atom stereocenters. The number of hydrogen-bond acceptors (Lipinski definition) is 23. The number of rotatable bonds is 19. The molecule has 5 aromatic carbocycles. The lowest BCUT2D eigenvalue weighted by atomic mass is 10.1. The number of anilines is 16. The van der Waals surface area contributed by atoms with Gasteiger partial charge in [0.15, 0.2) is 23.3 Å². The summed E-state index contributed by atoms with van der Waals surface area (Å²) in [6, 6.07) is 45.6. The smallest absolute Gasteiger partial charge is 0.405 e. The predicted molar refractivity (Wildman–Crippen MR) is 466 cm³/mol. The standard InChI is InChI=1S/C24H19F3N6O.C22H18F3N7O2.2C21H19F3N6O2/c1-15-4-6-18(7-5-15)32-13-17-12-29-22(30-14-24(25,26)27)31-21(17)33(23(32)34)19-8-9-20-16(11-19)3-2-10-28-20;1-34-17-5-2-15(3-6-17)32-19-14(10-27-20(29-19)28-13-22(23,24)25)11-31(21(32)33)16-4-7-18-26-8-9-30(18)12-16;1-13-3-8-17(25-9-13)29-11-14-10-26-19(27-12-21(22,23)24)28-18(14)30(20(29)31)15-4-6-16(32-2)7-5-15;1-13-3-4-16(10-25-13)29-11-14-9-26-19(27-12-21(22,23)24)28-18(14)30(20(29)31)15-5-7-17(32-2)8-6-15/h2-12H,13-14H2,1H3,(H,29,30,31);2-10,12H,11,13H2,1H3,(H,27,28,29);2*3-10H,11-12H2,1-2H3,(H,26,27,28). The molecule has 0 atom stereocenters. The van der Waals surface area contributed by atoms with Gasteiger partial charge in [-0.15, -0.1) is 0 Å². The number of amides is 8. The molecule has 14 aromatic rings. The number of urea groups is 4. The zero-order chi connectivity index (χ0) is 93.5. The van der Waals surface area contributed by atoms with E-state index in [1.807, 2.05) is 57.2 Å². The number of carbonyl (C=O) groups is 4. The quantitative estimate of drug-likeness (QED) is 0.0546. The monoisotopic (exact) mass is 1820 g/mol. The molecule has 8 amide bonds. The number of benzene rings is 5. The van der Waals surface area contributed by atoms with Gasteiger partial charge in [0.25, 0.3) is 0 Å². The van der Waals surface area contributed by atoms with Crippen LogP contribution in [0, 0.1) is 20.8 Å². The van der Waals surface area contributed by atoms with Crippen molar-refractivity contribution in [3.8, 4) is 17.2 Å². The minimum Gasteiger partial charge on any atom is -0.497 e. The van der Waals surface area contributed by atoms with Gasteiger partial charge in [0, 0.05) is 94.8 Å². The van der Waals surface area contributed by atoms with E-state index in [-0.39, 0.29) is 79.3 Å². The molecule has 4 aliphatic heterocycles. The summed E-state index contributed by atoms with van der Waals surface area (Å²) in [7, 11) is 4.57. The van der Waals surface area contributed by atoms with Crippen molar-refractivity contribution >= 4 is 133 Å². The molecule has 13 heterocycles. The number of aromatic nitrogens is 13. The molecule has 0 fully saturated rings. The average Bonchev–Trinajstić information content (AvgIpc) is 0.963. The van der Waals surface area contributed by atoms with E-state index in [4.69, 9.17) is 14.2 Å². The summed E-state index contributed by atoms with van der Waals surface area (Å²) in [6.45, 7) is 1.11. The van der Waals surface area contributed by atoms with Crippen LogP contribution in [0.15, 0.2) is 226 Å². The Balaban J connectivity index is 0.000000135. The predicted octanol–water partition coefficient (Wildman–Crippen LogP) is 18.9. The Bertz CT molecular complexity index is 6350. The van der Waals surface area contributed by atoms with Gasteiger partial charge in [-0.05, 0) is 166 Å².